The Morgan fingerprint density at radius 1 is 1.59 bits per heavy atom. The fraction of sp³-hybridized carbons (Fsp3) is 0.300. The van der Waals surface area contributed by atoms with E-state index in [4.69, 9.17) is 10.5 Å². The van der Waals surface area contributed by atoms with Crippen molar-refractivity contribution in [1.82, 2.24) is 0 Å². The van der Waals surface area contributed by atoms with Gasteiger partial charge in [0.1, 0.15) is 17.9 Å². The first kappa shape index (κ1) is 15.9. The van der Waals surface area contributed by atoms with Gasteiger partial charge in [0.05, 0.1) is 13.4 Å². The molecule has 1 aromatic heterocycles. The minimum Gasteiger partial charge on any atom is -0.487 e. The highest BCUT2D eigenvalue weighted by Crippen LogP contribution is 2.24. The molecule has 0 aromatic carbocycles. The largest absolute Gasteiger partial charge is 0.487 e. The number of hydrogen-bond acceptors (Lipinski definition) is 5. The molecule has 0 saturated carbocycles. The highest BCUT2D eigenvalue weighted by molar-refractivity contribution is 7.08. The molecule has 96 valence electrons. The molecular weight excluding hydrogens is 269 g/mol. The molecule has 0 aliphatic carbocycles. The lowest BCUT2D eigenvalue weighted by atomic mass is 10.3. The summed E-state index contributed by atoms with van der Waals surface area (Å²) in [5, 5.41) is 3.26. The summed E-state index contributed by atoms with van der Waals surface area (Å²) in [6, 6.07) is 0. The van der Waals surface area contributed by atoms with Crippen LogP contribution in [0, 0.1) is 0 Å². The van der Waals surface area contributed by atoms with Crippen LogP contribution < -0.4 is 10.5 Å². The standard InChI is InChI=1S/C10H12FNO3S.ClH/c1-14-10(13)8-5-16-6-9(8)15-4-7(2-11)3-12;/h2,5-6H,3-4,12H2,1H3;1H/b7-2-;. The van der Waals surface area contributed by atoms with Crippen LogP contribution in [0.4, 0.5) is 4.39 Å². The van der Waals surface area contributed by atoms with Crippen molar-refractivity contribution in [3.63, 3.8) is 0 Å². The van der Waals surface area contributed by atoms with E-state index in [1.54, 1.807) is 10.8 Å². The van der Waals surface area contributed by atoms with E-state index in [0.717, 1.165) is 0 Å². The quantitative estimate of drug-likeness (QED) is 0.840. The first-order chi connectivity index (χ1) is 7.72. The minimum absolute atomic E-state index is 0. The predicted molar refractivity (Wildman–Crippen MR) is 66.6 cm³/mol. The number of halogens is 2. The Labute approximate surface area is 109 Å². The monoisotopic (exact) mass is 281 g/mol. The average molecular weight is 282 g/mol. The molecule has 4 nitrogen and oxygen atoms in total. The van der Waals surface area contributed by atoms with Gasteiger partial charge in [-0.25, -0.2) is 9.18 Å². The van der Waals surface area contributed by atoms with E-state index in [2.05, 4.69) is 4.74 Å². The van der Waals surface area contributed by atoms with Crippen LogP contribution in [-0.2, 0) is 4.74 Å². The number of carbonyl (C=O) groups is 1. The van der Waals surface area contributed by atoms with Crippen molar-refractivity contribution in [1.29, 1.82) is 0 Å². The fourth-order valence-corrected chi connectivity index (χ4v) is 1.70. The molecule has 0 aliphatic rings. The average Bonchev–Trinajstić information content (AvgIpc) is 2.77. The first-order valence-corrected chi connectivity index (χ1v) is 5.42. The zero-order chi connectivity index (χ0) is 12.0. The van der Waals surface area contributed by atoms with Gasteiger partial charge in [0.25, 0.3) is 0 Å². The molecule has 0 spiro atoms. The zero-order valence-corrected chi connectivity index (χ0v) is 10.8. The van der Waals surface area contributed by atoms with Gasteiger partial charge >= 0.3 is 5.97 Å². The van der Waals surface area contributed by atoms with E-state index in [9.17, 15) is 9.18 Å². The molecule has 0 bridgehead atoms. The summed E-state index contributed by atoms with van der Waals surface area (Å²) in [5.41, 5.74) is 5.93. The van der Waals surface area contributed by atoms with Gasteiger partial charge in [-0.3, -0.25) is 0 Å². The number of thiophene rings is 1. The number of ether oxygens (including phenoxy) is 2. The number of nitrogens with two attached hydrogens (primary N) is 1. The normalized spacial score (nSPS) is 10.6. The van der Waals surface area contributed by atoms with Crippen molar-refractivity contribution in [2.24, 2.45) is 5.73 Å². The smallest absolute Gasteiger partial charge is 0.342 e. The first-order valence-electron chi connectivity index (χ1n) is 4.48. The molecule has 0 radical (unpaired) electrons. The maximum Gasteiger partial charge on any atom is 0.342 e. The summed E-state index contributed by atoms with van der Waals surface area (Å²) in [6.07, 6.45) is 0.407. The molecule has 0 saturated heterocycles. The van der Waals surface area contributed by atoms with E-state index in [0.29, 0.717) is 23.2 Å². The highest BCUT2D eigenvalue weighted by atomic mass is 35.5. The molecule has 2 N–H and O–H groups in total. The lowest BCUT2D eigenvalue weighted by Gasteiger charge is -2.07. The van der Waals surface area contributed by atoms with Gasteiger partial charge in [-0.2, -0.15) is 0 Å². The second-order valence-electron chi connectivity index (χ2n) is 2.90. The lowest BCUT2D eigenvalue weighted by Crippen LogP contribution is -2.12. The van der Waals surface area contributed by atoms with Crippen LogP contribution in [0.25, 0.3) is 0 Å². The summed E-state index contributed by atoms with van der Waals surface area (Å²) in [7, 11) is 1.29. The summed E-state index contributed by atoms with van der Waals surface area (Å²) < 4.78 is 22.0. The van der Waals surface area contributed by atoms with Crippen LogP contribution >= 0.6 is 23.7 Å². The third kappa shape index (κ3) is 4.33. The summed E-state index contributed by atoms with van der Waals surface area (Å²) in [5.74, 6) is -0.0978. The molecular formula is C10H13ClFNO3S. The second-order valence-corrected chi connectivity index (χ2v) is 3.65. The van der Waals surface area contributed by atoms with Crippen LogP contribution in [0.5, 0.6) is 5.75 Å². The predicted octanol–water partition coefficient (Wildman–Crippen LogP) is 2.15. The van der Waals surface area contributed by atoms with Gasteiger partial charge in [-0.1, -0.05) is 0 Å². The van der Waals surface area contributed by atoms with Crippen molar-refractivity contribution in [3.8, 4) is 5.75 Å². The van der Waals surface area contributed by atoms with Crippen molar-refractivity contribution in [3.05, 3.63) is 28.2 Å². The number of rotatable bonds is 5. The lowest BCUT2D eigenvalue weighted by molar-refractivity contribution is 0.0597. The Bertz CT molecular complexity index is 395. The zero-order valence-electron chi connectivity index (χ0n) is 9.14. The SMILES string of the molecule is COC(=O)c1cscc1OC/C(=C\F)CN.Cl. The Kier molecular flexibility index (Phi) is 7.53. The Morgan fingerprint density at radius 3 is 2.82 bits per heavy atom. The van der Waals surface area contributed by atoms with Crippen molar-refractivity contribution >= 4 is 29.7 Å². The van der Waals surface area contributed by atoms with Crippen LogP contribution in [0.2, 0.25) is 0 Å². The van der Waals surface area contributed by atoms with E-state index >= 15 is 0 Å². The van der Waals surface area contributed by atoms with E-state index in [1.807, 2.05) is 0 Å². The highest BCUT2D eigenvalue weighted by Gasteiger charge is 2.14. The van der Waals surface area contributed by atoms with Gasteiger partial charge in [0, 0.05) is 22.9 Å². The Morgan fingerprint density at radius 2 is 2.29 bits per heavy atom. The second kappa shape index (κ2) is 8.05. The topological polar surface area (TPSA) is 61.5 Å². The molecule has 17 heavy (non-hydrogen) atoms. The van der Waals surface area contributed by atoms with Gasteiger partial charge < -0.3 is 15.2 Å². The molecule has 0 amide bonds. The van der Waals surface area contributed by atoms with Gasteiger partial charge in [0.15, 0.2) is 0 Å². The molecule has 1 heterocycles. The van der Waals surface area contributed by atoms with E-state index < -0.39 is 5.97 Å². The van der Waals surface area contributed by atoms with Gasteiger partial charge in [0.2, 0.25) is 0 Å². The number of esters is 1. The maximum absolute atomic E-state index is 12.2. The Balaban J connectivity index is 0.00000256. The van der Waals surface area contributed by atoms with E-state index in [-0.39, 0.29) is 25.6 Å². The van der Waals surface area contributed by atoms with Crippen molar-refractivity contribution < 1.29 is 18.7 Å². The molecule has 0 aliphatic heterocycles. The molecule has 0 unspecified atom stereocenters. The minimum atomic E-state index is -0.477. The third-order valence-electron chi connectivity index (χ3n) is 1.86. The third-order valence-corrected chi connectivity index (χ3v) is 2.58. The maximum atomic E-state index is 12.2. The summed E-state index contributed by atoms with van der Waals surface area (Å²) in [4.78, 5) is 11.3. The van der Waals surface area contributed by atoms with E-state index in [1.165, 1.54) is 18.4 Å². The number of hydrogen-bond donors (Lipinski definition) is 1. The molecule has 0 atom stereocenters. The van der Waals surface area contributed by atoms with Gasteiger partial charge in [-0.05, 0) is 0 Å². The molecule has 1 aromatic rings. The van der Waals surface area contributed by atoms with Crippen LogP contribution in [0.15, 0.2) is 22.7 Å². The number of carbonyl (C=O) groups excluding carboxylic acids is 1. The molecule has 1 rings (SSSR count). The molecule has 7 heteroatoms. The summed E-state index contributed by atoms with van der Waals surface area (Å²) in [6.45, 7) is 0.0991. The number of methoxy groups -OCH3 is 1. The van der Waals surface area contributed by atoms with Crippen LogP contribution in [-0.4, -0.2) is 26.2 Å². The molecule has 0 fully saturated rings. The van der Waals surface area contributed by atoms with Crippen molar-refractivity contribution in [2.45, 2.75) is 0 Å². The van der Waals surface area contributed by atoms with Crippen LogP contribution in [0.1, 0.15) is 10.4 Å². The fourth-order valence-electron chi connectivity index (χ4n) is 0.961. The van der Waals surface area contributed by atoms with Crippen LogP contribution in [0.3, 0.4) is 0 Å². The Hall–Kier alpha value is -1.11. The van der Waals surface area contributed by atoms with Gasteiger partial charge in [-0.15, -0.1) is 23.7 Å². The summed E-state index contributed by atoms with van der Waals surface area (Å²) >= 11 is 1.31. The van der Waals surface area contributed by atoms with Crippen molar-refractivity contribution in [2.75, 3.05) is 20.3 Å².